The number of hydrogen-bond acceptors (Lipinski definition) is 5. The molecule has 0 atom stereocenters. The predicted octanol–water partition coefficient (Wildman–Crippen LogP) is 5.11. The smallest absolute Gasteiger partial charge is 0.229 e. The molecule has 1 aromatic heterocycles. The summed E-state index contributed by atoms with van der Waals surface area (Å²) in [4.78, 5) is 9.01. The fraction of sp³-hybridized carbons (Fsp3) is 0.200. The summed E-state index contributed by atoms with van der Waals surface area (Å²) in [6, 6.07) is 15.5. The second kappa shape index (κ2) is 8.06. The monoisotopic (exact) mass is 368 g/mol. The van der Waals surface area contributed by atoms with Gasteiger partial charge in [-0.25, -0.2) is 4.98 Å². The summed E-state index contributed by atoms with van der Waals surface area (Å²) in [5, 5.41) is 7.30. The Kier molecular flexibility index (Phi) is 5.58. The van der Waals surface area contributed by atoms with Gasteiger partial charge in [-0.3, -0.25) is 0 Å². The first kappa shape index (κ1) is 18.0. The van der Waals surface area contributed by atoms with E-state index in [1.807, 2.05) is 62.4 Å². The number of rotatable bonds is 6. The molecule has 0 spiro atoms. The van der Waals surface area contributed by atoms with Crippen LogP contribution in [0.2, 0.25) is 5.02 Å². The molecular weight excluding hydrogens is 348 g/mol. The maximum atomic E-state index is 6.01. The van der Waals surface area contributed by atoms with Crippen LogP contribution in [0.25, 0.3) is 0 Å². The second-order valence-electron chi connectivity index (χ2n) is 6.00. The summed E-state index contributed by atoms with van der Waals surface area (Å²) >= 11 is 6.01. The molecule has 0 radical (unpaired) electrons. The molecule has 0 bridgehead atoms. The summed E-state index contributed by atoms with van der Waals surface area (Å²) < 4.78 is 5.18. The molecule has 0 aliphatic carbocycles. The lowest BCUT2D eigenvalue weighted by atomic mass is 10.2. The lowest BCUT2D eigenvalue weighted by molar-refractivity contribution is 0.414. The van der Waals surface area contributed by atoms with E-state index in [2.05, 4.69) is 20.6 Å². The largest absolute Gasteiger partial charge is 0.497 e. The van der Waals surface area contributed by atoms with Gasteiger partial charge >= 0.3 is 0 Å². The van der Waals surface area contributed by atoms with Crippen LogP contribution in [-0.2, 0) is 6.54 Å². The maximum Gasteiger partial charge on any atom is 0.229 e. The number of nitrogens with zero attached hydrogens (tertiary/aromatic N) is 2. The molecule has 0 aliphatic rings. The molecule has 1 heterocycles. The lowest BCUT2D eigenvalue weighted by Gasteiger charge is -2.12. The van der Waals surface area contributed by atoms with E-state index in [0.717, 1.165) is 34.1 Å². The van der Waals surface area contributed by atoms with Crippen molar-refractivity contribution in [3.8, 4) is 5.75 Å². The number of hydrogen-bond donors (Lipinski definition) is 2. The fourth-order valence-corrected chi connectivity index (χ4v) is 2.77. The number of ether oxygens (including phenoxy) is 1. The van der Waals surface area contributed by atoms with Gasteiger partial charge in [-0.15, -0.1) is 0 Å². The number of nitrogens with one attached hydrogen (secondary N) is 2. The van der Waals surface area contributed by atoms with Crippen LogP contribution in [0.4, 0.5) is 17.5 Å². The van der Waals surface area contributed by atoms with Gasteiger partial charge in [-0.1, -0.05) is 23.7 Å². The van der Waals surface area contributed by atoms with E-state index in [-0.39, 0.29) is 0 Å². The van der Waals surface area contributed by atoms with Crippen molar-refractivity contribution < 1.29 is 4.74 Å². The zero-order valence-electron chi connectivity index (χ0n) is 15.0. The highest BCUT2D eigenvalue weighted by atomic mass is 35.5. The van der Waals surface area contributed by atoms with E-state index in [9.17, 15) is 0 Å². The number of benzene rings is 2. The number of aromatic nitrogens is 2. The third-order valence-corrected chi connectivity index (χ3v) is 4.16. The highest BCUT2D eigenvalue weighted by molar-refractivity contribution is 6.30. The zero-order chi connectivity index (χ0) is 18.5. The first-order valence-electron chi connectivity index (χ1n) is 8.29. The van der Waals surface area contributed by atoms with E-state index in [4.69, 9.17) is 16.3 Å². The fourth-order valence-electron chi connectivity index (χ4n) is 2.54. The molecule has 0 unspecified atom stereocenters. The minimum Gasteiger partial charge on any atom is -0.497 e. The van der Waals surface area contributed by atoms with E-state index in [1.54, 1.807) is 7.11 Å². The molecule has 134 valence electrons. The molecule has 5 nitrogen and oxygen atoms in total. The Morgan fingerprint density at radius 3 is 2.46 bits per heavy atom. The van der Waals surface area contributed by atoms with Gasteiger partial charge in [0.25, 0.3) is 0 Å². The van der Waals surface area contributed by atoms with Gasteiger partial charge in [0.2, 0.25) is 5.95 Å². The Balaban J connectivity index is 1.72. The summed E-state index contributed by atoms with van der Waals surface area (Å²) in [6.07, 6.45) is 0. The van der Waals surface area contributed by atoms with Crippen molar-refractivity contribution in [2.75, 3.05) is 17.7 Å². The quantitative estimate of drug-likeness (QED) is 0.633. The molecule has 0 saturated heterocycles. The molecule has 0 saturated carbocycles. The topological polar surface area (TPSA) is 59.1 Å². The Morgan fingerprint density at radius 1 is 1.00 bits per heavy atom. The minimum atomic E-state index is 0.549. The van der Waals surface area contributed by atoms with Crippen molar-refractivity contribution in [2.24, 2.45) is 0 Å². The molecule has 0 fully saturated rings. The molecule has 0 amide bonds. The lowest BCUT2D eigenvalue weighted by Crippen LogP contribution is -2.06. The van der Waals surface area contributed by atoms with Crippen molar-refractivity contribution in [3.05, 3.63) is 70.4 Å². The van der Waals surface area contributed by atoms with Crippen molar-refractivity contribution in [3.63, 3.8) is 0 Å². The van der Waals surface area contributed by atoms with Gasteiger partial charge in [0.15, 0.2) is 0 Å². The molecule has 3 rings (SSSR count). The molecular formula is C20H21ClN4O. The minimum absolute atomic E-state index is 0.549. The summed E-state index contributed by atoms with van der Waals surface area (Å²) in [6.45, 7) is 4.60. The standard InChI is InChI=1S/C20H21ClN4O/c1-13-10-16(21)6-9-18(13)24-20-23-14(2)11-19(25-20)22-12-15-4-7-17(26-3)8-5-15/h4-11H,12H2,1-3H3,(H2,22,23,24,25). The first-order valence-corrected chi connectivity index (χ1v) is 8.67. The highest BCUT2D eigenvalue weighted by Gasteiger charge is 2.05. The summed E-state index contributed by atoms with van der Waals surface area (Å²) in [5.74, 6) is 2.16. The zero-order valence-corrected chi connectivity index (χ0v) is 15.8. The van der Waals surface area contributed by atoms with Gasteiger partial charge in [-0.2, -0.15) is 4.98 Å². The molecule has 6 heteroatoms. The Hall–Kier alpha value is -2.79. The second-order valence-corrected chi connectivity index (χ2v) is 6.44. The molecule has 2 aromatic carbocycles. The van der Waals surface area contributed by atoms with Crippen LogP contribution in [0.5, 0.6) is 5.75 Å². The van der Waals surface area contributed by atoms with Crippen molar-refractivity contribution in [1.82, 2.24) is 9.97 Å². The Bertz CT molecular complexity index is 897. The number of halogens is 1. The van der Waals surface area contributed by atoms with E-state index in [1.165, 1.54) is 0 Å². The number of methoxy groups -OCH3 is 1. The van der Waals surface area contributed by atoms with Crippen LogP contribution >= 0.6 is 11.6 Å². The van der Waals surface area contributed by atoms with Gasteiger partial charge in [0, 0.05) is 29.0 Å². The molecule has 0 aliphatic heterocycles. The average Bonchev–Trinajstić information content (AvgIpc) is 2.62. The average molecular weight is 369 g/mol. The van der Waals surface area contributed by atoms with Crippen LogP contribution in [0, 0.1) is 13.8 Å². The van der Waals surface area contributed by atoms with Crippen LogP contribution in [0.3, 0.4) is 0 Å². The predicted molar refractivity (Wildman–Crippen MR) is 107 cm³/mol. The van der Waals surface area contributed by atoms with Crippen LogP contribution < -0.4 is 15.4 Å². The number of aryl methyl sites for hydroxylation is 2. The van der Waals surface area contributed by atoms with Crippen molar-refractivity contribution in [1.29, 1.82) is 0 Å². The van der Waals surface area contributed by atoms with E-state index < -0.39 is 0 Å². The normalized spacial score (nSPS) is 10.5. The van der Waals surface area contributed by atoms with Gasteiger partial charge in [0.05, 0.1) is 7.11 Å². The van der Waals surface area contributed by atoms with E-state index in [0.29, 0.717) is 17.5 Å². The van der Waals surface area contributed by atoms with Crippen LogP contribution in [0.15, 0.2) is 48.5 Å². The van der Waals surface area contributed by atoms with Crippen LogP contribution in [-0.4, -0.2) is 17.1 Å². The van der Waals surface area contributed by atoms with Crippen molar-refractivity contribution >= 4 is 29.1 Å². The van der Waals surface area contributed by atoms with Gasteiger partial charge < -0.3 is 15.4 Å². The molecule has 26 heavy (non-hydrogen) atoms. The molecule has 2 N–H and O–H groups in total. The highest BCUT2D eigenvalue weighted by Crippen LogP contribution is 2.23. The number of anilines is 3. The maximum absolute atomic E-state index is 6.01. The first-order chi connectivity index (χ1) is 12.5. The van der Waals surface area contributed by atoms with Crippen LogP contribution in [0.1, 0.15) is 16.8 Å². The third-order valence-electron chi connectivity index (χ3n) is 3.92. The Morgan fingerprint density at radius 2 is 1.77 bits per heavy atom. The summed E-state index contributed by atoms with van der Waals surface area (Å²) in [7, 11) is 1.66. The van der Waals surface area contributed by atoms with Gasteiger partial charge in [0.1, 0.15) is 11.6 Å². The van der Waals surface area contributed by atoms with Gasteiger partial charge in [-0.05, 0) is 55.3 Å². The SMILES string of the molecule is COc1ccc(CNc2cc(C)nc(Nc3ccc(Cl)cc3C)n2)cc1. The third kappa shape index (κ3) is 4.64. The summed E-state index contributed by atoms with van der Waals surface area (Å²) in [5.41, 5.74) is 3.99. The van der Waals surface area contributed by atoms with E-state index >= 15 is 0 Å². The molecule has 3 aromatic rings. The van der Waals surface area contributed by atoms with Crippen molar-refractivity contribution in [2.45, 2.75) is 20.4 Å². The Labute approximate surface area is 158 Å².